The highest BCUT2D eigenvalue weighted by molar-refractivity contribution is 5.07. The Morgan fingerprint density at radius 2 is 2.41 bits per heavy atom. The van der Waals surface area contributed by atoms with E-state index in [1.54, 1.807) is 24.1 Å². The molecule has 96 valence electrons. The van der Waals surface area contributed by atoms with Gasteiger partial charge in [-0.05, 0) is 25.2 Å². The lowest BCUT2D eigenvalue weighted by Gasteiger charge is -2.29. The second kappa shape index (κ2) is 4.72. The van der Waals surface area contributed by atoms with E-state index in [-0.39, 0.29) is 18.8 Å². The molecule has 3 nitrogen and oxygen atoms in total. The summed E-state index contributed by atoms with van der Waals surface area (Å²) in [6.45, 7) is 0. The number of hydrogen-bond donors (Lipinski definition) is 1. The van der Waals surface area contributed by atoms with E-state index in [0.29, 0.717) is 18.4 Å². The third kappa shape index (κ3) is 3.25. The SMILES string of the molecule is Cn1cc(C(O)CC2CCCC(F)(F)C2)cn1. The fourth-order valence-corrected chi connectivity index (χ4v) is 2.54. The molecule has 2 rings (SSSR count). The maximum Gasteiger partial charge on any atom is 0.248 e. The van der Waals surface area contributed by atoms with Crippen molar-refractivity contribution in [1.82, 2.24) is 9.78 Å². The van der Waals surface area contributed by atoms with Gasteiger partial charge in [-0.3, -0.25) is 4.68 Å². The van der Waals surface area contributed by atoms with Crippen LogP contribution in [0.4, 0.5) is 8.78 Å². The molecule has 0 bridgehead atoms. The smallest absolute Gasteiger partial charge is 0.248 e. The Morgan fingerprint density at radius 3 is 3.00 bits per heavy atom. The molecular weight excluding hydrogens is 226 g/mol. The molecule has 1 saturated carbocycles. The van der Waals surface area contributed by atoms with Gasteiger partial charge in [0.05, 0.1) is 12.3 Å². The quantitative estimate of drug-likeness (QED) is 0.887. The zero-order valence-electron chi connectivity index (χ0n) is 9.94. The van der Waals surface area contributed by atoms with Crippen LogP contribution in [0.3, 0.4) is 0 Å². The summed E-state index contributed by atoms with van der Waals surface area (Å²) in [5.74, 6) is -2.63. The molecule has 2 unspecified atom stereocenters. The molecule has 5 heteroatoms. The Hall–Kier alpha value is -0.970. The van der Waals surface area contributed by atoms with Crippen LogP contribution in [0.5, 0.6) is 0 Å². The number of halogens is 2. The van der Waals surface area contributed by atoms with Gasteiger partial charge in [-0.2, -0.15) is 5.10 Å². The molecule has 0 aliphatic heterocycles. The van der Waals surface area contributed by atoms with E-state index in [1.807, 2.05) is 0 Å². The van der Waals surface area contributed by atoms with Crippen LogP contribution in [0, 0.1) is 5.92 Å². The van der Waals surface area contributed by atoms with E-state index in [0.717, 1.165) is 6.42 Å². The molecule has 1 aliphatic rings. The van der Waals surface area contributed by atoms with Crippen molar-refractivity contribution in [1.29, 1.82) is 0 Å². The lowest BCUT2D eigenvalue weighted by atomic mass is 9.82. The zero-order chi connectivity index (χ0) is 12.5. The van der Waals surface area contributed by atoms with Crippen LogP contribution in [0.25, 0.3) is 0 Å². The molecule has 1 aromatic heterocycles. The van der Waals surface area contributed by atoms with Gasteiger partial charge in [0.15, 0.2) is 0 Å². The molecule has 0 saturated heterocycles. The zero-order valence-corrected chi connectivity index (χ0v) is 9.94. The first-order valence-corrected chi connectivity index (χ1v) is 6.01. The number of hydrogen-bond acceptors (Lipinski definition) is 2. The summed E-state index contributed by atoms with van der Waals surface area (Å²) in [6, 6.07) is 0. The van der Waals surface area contributed by atoms with Crippen LogP contribution in [0.1, 0.15) is 43.8 Å². The van der Waals surface area contributed by atoms with Crippen molar-refractivity contribution in [3.05, 3.63) is 18.0 Å². The van der Waals surface area contributed by atoms with Crippen molar-refractivity contribution in [3.63, 3.8) is 0 Å². The first-order valence-electron chi connectivity index (χ1n) is 6.01. The van der Waals surface area contributed by atoms with Gasteiger partial charge in [-0.25, -0.2) is 8.78 Å². The van der Waals surface area contributed by atoms with Crippen molar-refractivity contribution in [2.24, 2.45) is 13.0 Å². The summed E-state index contributed by atoms with van der Waals surface area (Å²) in [6.07, 6.45) is 4.28. The highest BCUT2D eigenvalue weighted by Gasteiger charge is 2.36. The Morgan fingerprint density at radius 1 is 1.65 bits per heavy atom. The van der Waals surface area contributed by atoms with Crippen molar-refractivity contribution in [2.45, 2.75) is 44.1 Å². The summed E-state index contributed by atoms with van der Waals surface area (Å²) in [7, 11) is 1.77. The fraction of sp³-hybridized carbons (Fsp3) is 0.750. The minimum absolute atomic E-state index is 0.00745. The average molecular weight is 244 g/mol. The van der Waals surface area contributed by atoms with Crippen LogP contribution in [0.15, 0.2) is 12.4 Å². The molecule has 0 spiro atoms. The summed E-state index contributed by atoms with van der Waals surface area (Å²) in [5, 5.41) is 13.9. The maximum atomic E-state index is 13.2. The van der Waals surface area contributed by atoms with Gasteiger partial charge in [0.1, 0.15) is 0 Å². The Balaban J connectivity index is 1.92. The Kier molecular flexibility index (Phi) is 3.47. The van der Waals surface area contributed by atoms with E-state index >= 15 is 0 Å². The second-order valence-corrected chi connectivity index (χ2v) is 5.02. The predicted octanol–water partition coefficient (Wildman–Crippen LogP) is 2.67. The first kappa shape index (κ1) is 12.5. The number of nitrogens with zero attached hydrogens (tertiary/aromatic N) is 2. The highest BCUT2D eigenvalue weighted by Crippen LogP contribution is 2.40. The molecular formula is C12H18F2N2O. The average Bonchev–Trinajstić information content (AvgIpc) is 2.63. The number of aliphatic hydroxyl groups excluding tert-OH is 1. The number of aromatic nitrogens is 2. The van der Waals surface area contributed by atoms with Crippen LogP contribution < -0.4 is 0 Å². The van der Waals surface area contributed by atoms with Crippen LogP contribution in [-0.4, -0.2) is 20.8 Å². The molecule has 17 heavy (non-hydrogen) atoms. The minimum atomic E-state index is -2.54. The van der Waals surface area contributed by atoms with Crippen LogP contribution >= 0.6 is 0 Å². The van der Waals surface area contributed by atoms with Gasteiger partial charge in [0.2, 0.25) is 5.92 Å². The maximum absolute atomic E-state index is 13.2. The normalized spacial score (nSPS) is 25.8. The van der Waals surface area contributed by atoms with Crippen molar-refractivity contribution < 1.29 is 13.9 Å². The number of aliphatic hydroxyl groups is 1. The number of rotatable bonds is 3. The molecule has 1 N–H and O–H groups in total. The summed E-state index contributed by atoms with van der Waals surface area (Å²) in [4.78, 5) is 0. The van der Waals surface area contributed by atoms with Crippen molar-refractivity contribution in [3.8, 4) is 0 Å². The molecule has 1 aliphatic carbocycles. The third-order valence-electron chi connectivity index (χ3n) is 3.41. The van der Waals surface area contributed by atoms with Crippen molar-refractivity contribution in [2.75, 3.05) is 0 Å². The summed E-state index contributed by atoms with van der Waals surface area (Å²) in [5.41, 5.74) is 0.710. The fourth-order valence-electron chi connectivity index (χ4n) is 2.54. The lowest BCUT2D eigenvalue weighted by molar-refractivity contribution is -0.0590. The number of aryl methyl sites for hydroxylation is 1. The molecule has 0 amide bonds. The number of alkyl halides is 2. The Labute approximate surface area is 99.4 Å². The van der Waals surface area contributed by atoms with Crippen LogP contribution in [0.2, 0.25) is 0 Å². The molecule has 1 fully saturated rings. The van der Waals surface area contributed by atoms with Crippen LogP contribution in [-0.2, 0) is 7.05 Å². The van der Waals surface area contributed by atoms with Gasteiger partial charge in [-0.1, -0.05) is 0 Å². The monoisotopic (exact) mass is 244 g/mol. The first-order chi connectivity index (χ1) is 7.96. The molecule has 0 aromatic carbocycles. The largest absolute Gasteiger partial charge is 0.388 e. The third-order valence-corrected chi connectivity index (χ3v) is 3.41. The lowest BCUT2D eigenvalue weighted by Crippen LogP contribution is -2.27. The molecule has 0 radical (unpaired) electrons. The van der Waals surface area contributed by atoms with Gasteiger partial charge in [0.25, 0.3) is 0 Å². The van der Waals surface area contributed by atoms with E-state index in [1.165, 1.54) is 0 Å². The van der Waals surface area contributed by atoms with E-state index < -0.39 is 12.0 Å². The minimum Gasteiger partial charge on any atom is -0.388 e. The second-order valence-electron chi connectivity index (χ2n) is 5.02. The highest BCUT2D eigenvalue weighted by atomic mass is 19.3. The van der Waals surface area contributed by atoms with Gasteiger partial charge in [-0.15, -0.1) is 0 Å². The topological polar surface area (TPSA) is 38.0 Å². The Bertz CT molecular complexity index is 378. The molecule has 1 aromatic rings. The van der Waals surface area contributed by atoms with Gasteiger partial charge in [0, 0.05) is 31.6 Å². The summed E-state index contributed by atoms with van der Waals surface area (Å²) >= 11 is 0. The van der Waals surface area contributed by atoms with Gasteiger partial charge >= 0.3 is 0 Å². The van der Waals surface area contributed by atoms with Gasteiger partial charge < -0.3 is 5.11 Å². The molecule has 2 atom stereocenters. The summed E-state index contributed by atoms with van der Waals surface area (Å²) < 4.78 is 28.0. The predicted molar refractivity (Wildman–Crippen MR) is 59.7 cm³/mol. The standard InChI is InChI=1S/C12H18F2N2O/c1-16-8-10(7-15-16)11(17)5-9-3-2-4-12(13,14)6-9/h7-9,11,17H,2-6H2,1H3. The molecule has 1 heterocycles. The van der Waals surface area contributed by atoms with E-state index in [4.69, 9.17) is 0 Å². The van der Waals surface area contributed by atoms with E-state index in [2.05, 4.69) is 5.10 Å². The van der Waals surface area contributed by atoms with E-state index in [9.17, 15) is 13.9 Å². The van der Waals surface area contributed by atoms with Crippen molar-refractivity contribution >= 4 is 0 Å².